The van der Waals surface area contributed by atoms with Crippen LogP contribution in [0.2, 0.25) is 0 Å². The van der Waals surface area contributed by atoms with E-state index < -0.39 is 12.3 Å². The fourth-order valence-electron chi connectivity index (χ4n) is 2.64. The number of nitrogens with zero attached hydrogens (tertiary/aromatic N) is 4. The van der Waals surface area contributed by atoms with Crippen LogP contribution in [0.15, 0.2) is 47.2 Å². The first kappa shape index (κ1) is 21.1. The van der Waals surface area contributed by atoms with Crippen molar-refractivity contribution in [2.75, 3.05) is 0 Å². The van der Waals surface area contributed by atoms with E-state index in [0.29, 0.717) is 17.0 Å². The van der Waals surface area contributed by atoms with Gasteiger partial charge in [-0.3, -0.25) is 0 Å². The molecule has 0 saturated heterocycles. The number of nitrogens with one attached hydrogen (secondary N) is 1. The average Bonchev–Trinajstić information content (AvgIpc) is 3.36. The van der Waals surface area contributed by atoms with Gasteiger partial charge in [-0.2, -0.15) is 23.4 Å². The van der Waals surface area contributed by atoms with Crippen LogP contribution >= 0.6 is 12.4 Å². The van der Waals surface area contributed by atoms with Gasteiger partial charge in [0.25, 0.3) is 5.89 Å². The molecule has 0 amide bonds. The molecule has 11 heteroatoms. The molecule has 1 N–H and O–H groups in total. The number of nitriles is 1. The lowest BCUT2D eigenvalue weighted by Crippen LogP contribution is -2.31. The molecule has 154 valence electrons. The van der Waals surface area contributed by atoms with Gasteiger partial charge in [0.05, 0.1) is 22.9 Å². The summed E-state index contributed by atoms with van der Waals surface area (Å²) < 4.78 is 48.3. The number of benzene rings is 2. The number of hydrogen-bond donors (Lipinski definition) is 1. The largest absolute Gasteiger partial charge is 0.480 e. The van der Waals surface area contributed by atoms with Gasteiger partial charge in [0, 0.05) is 11.1 Å². The molecule has 0 aliphatic carbocycles. The van der Waals surface area contributed by atoms with Crippen LogP contribution in [0.1, 0.15) is 12.5 Å². The van der Waals surface area contributed by atoms with E-state index >= 15 is 0 Å². The summed E-state index contributed by atoms with van der Waals surface area (Å²) in [5.41, 5.74) is 2.60. The van der Waals surface area contributed by atoms with Crippen molar-refractivity contribution in [2.24, 2.45) is 0 Å². The summed E-state index contributed by atoms with van der Waals surface area (Å²) in [4.78, 5) is 11.4. The van der Waals surface area contributed by atoms with E-state index in [0.717, 1.165) is 18.0 Å². The molecule has 0 fully saturated rings. The minimum absolute atomic E-state index is 0. The number of alkyl halides is 3. The Balaban J connectivity index is 0.00000256. The zero-order valence-corrected chi connectivity index (χ0v) is 16.1. The predicted molar refractivity (Wildman–Crippen MR) is 103 cm³/mol. The molecular formula is C19H13ClF3N5O2. The van der Waals surface area contributed by atoms with Crippen LogP contribution in [0.3, 0.4) is 0 Å². The van der Waals surface area contributed by atoms with Crippen molar-refractivity contribution in [1.82, 2.24) is 20.1 Å². The third-order valence-electron chi connectivity index (χ3n) is 4.22. The fourth-order valence-corrected chi connectivity index (χ4v) is 2.64. The minimum atomic E-state index is -4.54. The van der Waals surface area contributed by atoms with E-state index in [1.54, 1.807) is 18.5 Å². The zero-order chi connectivity index (χ0) is 20.6. The first-order valence-corrected chi connectivity index (χ1v) is 8.40. The van der Waals surface area contributed by atoms with Gasteiger partial charge in [-0.15, -0.1) is 12.4 Å². The van der Waals surface area contributed by atoms with E-state index in [2.05, 4.69) is 20.1 Å². The third kappa shape index (κ3) is 4.06. The summed E-state index contributed by atoms with van der Waals surface area (Å²) in [5.74, 6) is 0.267. The third-order valence-corrected chi connectivity index (χ3v) is 4.22. The van der Waals surface area contributed by atoms with Crippen molar-refractivity contribution in [3.63, 3.8) is 0 Å². The van der Waals surface area contributed by atoms with Crippen molar-refractivity contribution < 1.29 is 22.4 Å². The molecule has 0 aliphatic heterocycles. The van der Waals surface area contributed by atoms with Gasteiger partial charge in [-0.25, -0.2) is 4.98 Å². The molecule has 1 atom stereocenters. The number of imidazole rings is 1. The topological polar surface area (TPSA) is 101 Å². The van der Waals surface area contributed by atoms with Crippen molar-refractivity contribution in [2.45, 2.75) is 19.2 Å². The van der Waals surface area contributed by atoms with Crippen LogP contribution in [0.5, 0.6) is 5.75 Å². The summed E-state index contributed by atoms with van der Waals surface area (Å²) in [5, 5.41) is 13.2. The van der Waals surface area contributed by atoms with Gasteiger partial charge < -0.3 is 14.2 Å². The standard InChI is InChI=1S/C19H12F3N5O2.ClH/c1-10(19(20,21)22)28-16-5-3-12(6-13(16)8-23)18-26-17(27-29-18)11-2-4-14-15(7-11)25-9-24-14;/h2-7,9-10H,1H3,(H,24,25);1H. The Hall–Kier alpha value is -3.58. The van der Waals surface area contributed by atoms with Crippen molar-refractivity contribution in [3.05, 3.63) is 48.3 Å². The van der Waals surface area contributed by atoms with Crippen LogP contribution in [0.25, 0.3) is 33.9 Å². The van der Waals surface area contributed by atoms with E-state index in [-0.39, 0.29) is 29.6 Å². The zero-order valence-electron chi connectivity index (χ0n) is 15.3. The SMILES string of the molecule is CC(Oc1ccc(-c2nc(-c3ccc4nc[nH]c4c3)no2)cc1C#N)C(F)(F)F.Cl. The first-order chi connectivity index (χ1) is 13.8. The molecule has 4 aromatic rings. The Kier molecular flexibility index (Phi) is 5.67. The predicted octanol–water partition coefficient (Wildman–Crippen LogP) is 4.90. The lowest BCUT2D eigenvalue weighted by atomic mass is 10.1. The second-order valence-electron chi connectivity index (χ2n) is 6.18. The van der Waals surface area contributed by atoms with Crippen molar-refractivity contribution >= 4 is 23.4 Å². The fraction of sp³-hybridized carbons (Fsp3) is 0.158. The monoisotopic (exact) mass is 435 g/mol. The molecule has 4 rings (SSSR count). The molecule has 7 nitrogen and oxygen atoms in total. The molecule has 0 radical (unpaired) electrons. The van der Waals surface area contributed by atoms with Crippen LogP contribution in [-0.2, 0) is 0 Å². The number of fused-ring (bicyclic) bond motifs is 1. The highest BCUT2D eigenvalue weighted by molar-refractivity contribution is 5.85. The molecule has 1 unspecified atom stereocenters. The molecule has 30 heavy (non-hydrogen) atoms. The molecule has 0 bridgehead atoms. The molecule has 2 aromatic heterocycles. The number of H-pyrrole nitrogens is 1. The quantitative estimate of drug-likeness (QED) is 0.489. The highest BCUT2D eigenvalue weighted by Gasteiger charge is 2.38. The van der Waals surface area contributed by atoms with Crippen LogP contribution in [0.4, 0.5) is 13.2 Å². The second-order valence-corrected chi connectivity index (χ2v) is 6.18. The minimum Gasteiger partial charge on any atom is -0.480 e. The molecule has 0 spiro atoms. The maximum Gasteiger partial charge on any atom is 0.425 e. The Morgan fingerprint density at radius 2 is 1.93 bits per heavy atom. The molecular weight excluding hydrogens is 423 g/mol. The van der Waals surface area contributed by atoms with E-state index in [4.69, 9.17) is 9.26 Å². The molecule has 2 heterocycles. The van der Waals surface area contributed by atoms with E-state index in [1.165, 1.54) is 18.2 Å². The normalized spacial score (nSPS) is 12.2. The maximum absolute atomic E-state index is 12.7. The van der Waals surface area contributed by atoms with Crippen molar-refractivity contribution in [1.29, 1.82) is 5.26 Å². The number of hydrogen-bond acceptors (Lipinski definition) is 6. The van der Waals surface area contributed by atoms with Gasteiger partial charge in [-0.1, -0.05) is 5.16 Å². The number of aromatic amines is 1. The van der Waals surface area contributed by atoms with E-state index in [1.807, 2.05) is 12.1 Å². The summed E-state index contributed by atoms with van der Waals surface area (Å²) in [7, 11) is 0. The lowest BCUT2D eigenvalue weighted by molar-refractivity contribution is -0.189. The highest BCUT2D eigenvalue weighted by atomic mass is 35.5. The maximum atomic E-state index is 12.7. The summed E-state index contributed by atoms with van der Waals surface area (Å²) in [6.45, 7) is 0.871. The first-order valence-electron chi connectivity index (χ1n) is 8.40. The Morgan fingerprint density at radius 3 is 2.67 bits per heavy atom. The van der Waals surface area contributed by atoms with Gasteiger partial charge in [0.2, 0.25) is 5.82 Å². The van der Waals surface area contributed by atoms with Gasteiger partial charge in [-0.05, 0) is 43.3 Å². The summed E-state index contributed by atoms with van der Waals surface area (Å²) >= 11 is 0. The number of aromatic nitrogens is 4. The Labute approximate surface area is 173 Å². The molecule has 0 aliphatic rings. The van der Waals surface area contributed by atoms with Crippen molar-refractivity contribution in [3.8, 4) is 34.7 Å². The van der Waals surface area contributed by atoms with E-state index in [9.17, 15) is 18.4 Å². The second kappa shape index (κ2) is 8.04. The van der Waals surface area contributed by atoms with Crippen LogP contribution in [-0.4, -0.2) is 32.4 Å². The number of halogens is 4. The lowest BCUT2D eigenvalue weighted by Gasteiger charge is -2.18. The van der Waals surface area contributed by atoms with Crippen LogP contribution in [0, 0.1) is 11.3 Å². The Bertz CT molecular complexity index is 1230. The van der Waals surface area contributed by atoms with Crippen LogP contribution < -0.4 is 4.74 Å². The number of ether oxygens (including phenoxy) is 1. The molecule has 2 aromatic carbocycles. The smallest absolute Gasteiger partial charge is 0.425 e. The molecule has 0 saturated carbocycles. The summed E-state index contributed by atoms with van der Waals surface area (Å²) in [6.07, 6.45) is -5.02. The van der Waals surface area contributed by atoms with Gasteiger partial charge in [0.1, 0.15) is 11.8 Å². The highest BCUT2D eigenvalue weighted by Crippen LogP contribution is 2.31. The Morgan fingerprint density at radius 1 is 1.17 bits per heavy atom. The number of rotatable bonds is 4. The van der Waals surface area contributed by atoms with Gasteiger partial charge in [0.15, 0.2) is 6.10 Å². The average molecular weight is 436 g/mol. The van der Waals surface area contributed by atoms with Gasteiger partial charge >= 0.3 is 6.18 Å². The summed E-state index contributed by atoms with van der Waals surface area (Å²) in [6, 6.07) is 11.3.